The van der Waals surface area contributed by atoms with Crippen LogP contribution in [-0.2, 0) is 4.74 Å². The van der Waals surface area contributed by atoms with Crippen molar-refractivity contribution in [2.24, 2.45) is 5.41 Å². The van der Waals surface area contributed by atoms with Crippen LogP contribution in [0, 0.1) is 5.41 Å². The summed E-state index contributed by atoms with van der Waals surface area (Å²) in [6.07, 6.45) is 12.9. The average molecular weight is 294 g/mol. The SMILES string of the molecule is CCOC1CC(NCC2(N(C)C)CCC2)C12CCCCC2. The number of ether oxygens (including phenoxy) is 1. The van der Waals surface area contributed by atoms with E-state index in [2.05, 4.69) is 31.2 Å². The van der Waals surface area contributed by atoms with Crippen molar-refractivity contribution in [2.75, 3.05) is 27.2 Å². The molecule has 3 saturated carbocycles. The number of nitrogens with zero attached hydrogens (tertiary/aromatic N) is 1. The Morgan fingerprint density at radius 3 is 2.29 bits per heavy atom. The van der Waals surface area contributed by atoms with Gasteiger partial charge in [0.25, 0.3) is 0 Å². The maximum Gasteiger partial charge on any atom is 0.0661 e. The van der Waals surface area contributed by atoms with Crippen LogP contribution in [0.1, 0.15) is 64.7 Å². The van der Waals surface area contributed by atoms with Crippen molar-refractivity contribution in [1.82, 2.24) is 10.2 Å². The minimum Gasteiger partial charge on any atom is -0.378 e. The zero-order chi connectivity index (χ0) is 14.9. The molecule has 122 valence electrons. The van der Waals surface area contributed by atoms with Crippen LogP contribution >= 0.6 is 0 Å². The molecular weight excluding hydrogens is 260 g/mol. The Morgan fingerprint density at radius 1 is 1.05 bits per heavy atom. The first-order chi connectivity index (χ1) is 10.1. The predicted octanol–water partition coefficient (Wildman–Crippen LogP) is 3.19. The van der Waals surface area contributed by atoms with Gasteiger partial charge in [-0.05, 0) is 59.5 Å². The zero-order valence-electron chi connectivity index (χ0n) is 14.3. The van der Waals surface area contributed by atoms with Crippen LogP contribution in [0.5, 0.6) is 0 Å². The van der Waals surface area contributed by atoms with Crippen molar-refractivity contribution in [2.45, 2.75) is 82.4 Å². The molecule has 3 rings (SSSR count). The van der Waals surface area contributed by atoms with Crippen molar-refractivity contribution in [3.63, 3.8) is 0 Å². The molecule has 3 fully saturated rings. The fourth-order valence-corrected chi connectivity index (χ4v) is 5.03. The molecule has 2 unspecified atom stereocenters. The fraction of sp³-hybridized carbons (Fsp3) is 1.00. The first kappa shape index (κ1) is 15.8. The molecule has 3 heteroatoms. The normalized spacial score (nSPS) is 33.7. The molecule has 0 aromatic heterocycles. The van der Waals surface area contributed by atoms with E-state index >= 15 is 0 Å². The minimum absolute atomic E-state index is 0.437. The Bertz CT molecular complexity index is 345. The number of likely N-dealkylation sites (N-methyl/N-ethyl adjacent to an activating group) is 1. The molecule has 21 heavy (non-hydrogen) atoms. The Labute approximate surface area is 130 Å². The van der Waals surface area contributed by atoms with E-state index in [1.165, 1.54) is 64.3 Å². The molecule has 2 atom stereocenters. The topological polar surface area (TPSA) is 24.5 Å². The Kier molecular flexibility index (Phi) is 4.63. The number of nitrogens with one attached hydrogen (secondary N) is 1. The molecule has 0 bridgehead atoms. The van der Waals surface area contributed by atoms with Crippen LogP contribution in [0.2, 0.25) is 0 Å². The van der Waals surface area contributed by atoms with E-state index < -0.39 is 0 Å². The number of hydrogen-bond donors (Lipinski definition) is 1. The Hall–Kier alpha value is -0.120. The van der Waals surface area contributed by atoms with Gasteiger partial charge in [-0.3, -0.25) is 0 Å². The smallest absolute Gasteiger partial charge is 0.0661 e. The summed E-state index contributed by atoms with van der Waals surface area (Å²) < 4.78 is 6.07. The van der Waals surface area contributed by atoms with Crippen LogP contribution in [0.3, 0.4) is 0 Å². The van der Waals surface area contributed by atoms with Gasteiger partial charge in [0, 0.05) is 30.1 Å². The van der Waals surface area contributed by atoms with Gasteiger partial charge in [0.15, 0.2) is 0 Å². The van der Waals surface area contributed by atoms with Gasteiger partial charge in [-0.15, -0.1) is 0 Å². The van der Waals surface area contributed by atoms with Gasteiger partial charge < -0.3 is 15.0 Å². The van der Waals surface area contributed by atoms with Crippen LogP contribution in [-0.4, -0.2) is 49.8 Å². The first-order valence-corrected chi connectivity index (χ1v) is 9.15. The molecule has 1 spiro atoms. The molecular formula is C18H34N2O. The lowest BCUT2D eigenvalue weighted by Gasteiger charge is -2.59. The maximum absolute atomic E-state index is 6.07. The zero-order valence-corrected chi connectivity index (χ0v) is 14.3. The van der Waals surface area contributed by atoms with Crippen molar-refractivity contribution in [3.8, 4) is 0 Å². The van der Waals surface area contributed by atoms with Crippen molar-refractivity contribution in [1.29, 1.82) is 0 Å². The molecule has 0 radical (unpaired) electrons. The van der Waals surface area contributed by atoms with E-state index in [4.69, 9.17) is 4.74 Å². The third-order valence-electron chi connectivity index (χ3n) is 6.85. The molecule has 3 aliphatic rings. The van der Waals surface area contributed by atoms with Crippen LogP contribution in [0.25, 0.3) is 0 Å². The summed E-state index contributed by atoms with van der Waals surface area (Å²) in [5.41, 5.74) is 0.901. The quantitative estimate of drug-likeness (QED) is 0.814. The van der Waals surface area contributed by atoms with Crippen LogP contribution < -0.4 is 5.32 Å². The van der Waals surface area contributed by atoms with Gasteiger partial charge in [0.2, 0.25) is 0 Å². The predicted molar refractivity (Wildman–Crippen MR) is 87.6 cm³/mol. The van der Waals surface area contributed by atoms with E-state index in [0.717, 1.165) is 6.61 Å². The fourth-order valence-electron chi connectivity index (χ4n) is 5.03. The molecule has 0 heterocycles. The summed E-state index contributed by atoms with van der Waals surface area (Å²) in [5.74, 6) is 0. The molecule has 0 amide bonds. The Balaban J connectivity index is 1.60. The van der Waals surface area contributed by atoms with Crippen molar-refractivity contribution >= 4 is 0 Å². The minimum atomic E-state index is 0.437. The summed E-state index contributed by atoms with van der Waals surface area (Å²) in [6.45, 7) is 4.19. The lowest BCUT2D eigenvalue weighted by molar-refractivity contribution is -0.152. The molecule has 1 N–H and O–H groups in total. The third kappa shape index (κ3) is 2.66. The van der Waals surface area contributed by atoms with Crippen molar-refractivity contribution in [3.05, 3.63) is 0 Å². The number of hydrogen-bond acceptors (Lipinski definition) is 3. The summed E-state index contributed by atoms with van der Waals surface area (Å²) >= 11 is 0. The maximum atomic E-state index is 6.07. The summed E-state index contributed by atoms with van der Waals surface area (Å²) in [5, 5.41) is 3.97. The standard InChI is InChI=1S/C18H34N2O/c1-4-21-16-13-15(18(16)11-6-5-7-12-18)19-14-17(20(2)3)9-8-10-17/h15-16,19H,4-14H2,1-3H3. The van der Waals surface area contributed by atoms with Gasteiger partial charge >= 0.3 is 0 Å². The second-order valence-electron chi connectivity index (χ2n) is 7.88. The molecule has 0 aliphatic heterocycles. The van der Waals surface area contributed by atoms with Gasteiger partial charge in [-0.1, -0.05) is 19.3 Å². The average Bonchev–Trinajstić information content (AvgIpc) is 2.44. The van der Waals surface area contributed by atoms with E-state index in [1.807, 2.05) is 0 Å². The highest BCUT2D eigenvalue weighted by Gasteiger charge is 2.56. The molecule has 3 nitrogen and oxygen atoms in total. The second kappa shape index (κ2) is 6.17. The third-order valence-corrected chi connectivity index (χ3v) is 6.85. The summed E-state index contributed by atoms with van der Waals surface area (Å²) in [6, 6.07) is 0.701. The van der Waals surface area contributed by atoms with E-state index in [0.29, 0.717) is 23.1 Å². The van der Waals surface area contributed by atoms with Crippen LogP contribution in [0.15, 0.2) is 0 Å². The van der Waals surface area contributed by atoms with Crippen LogP contribution in [0.4, 0.5) is 0 Å². The van der Waals surface area contributed by atoms with E-state index in [1.54, 1.807) is 0 Å². The highest BCUT2D eigenvalue weighted by atomic mass is 16.5. The molecule has 0 saturated heterocycles. The highest BCUT2D eigenvalue weighted by Crippen LogP contribution is 2.53. The number of rotatable bonds is 6. The highest BCUT2D eigenvalue weighted by molar-refractivity contribution is 5.10. The van der Waals surface area contributed by atoms with Gasteiger partial charge in [-0.2, -0.15) is 0 Å². The monoisotopic (exact) mass is 294 g/mol. The molecule has 0 aromatic carbocycles. The lowest BCUT2D eigenvalue weighted by Crippen LogP contribution is -2.67. The van der Waals surface area contributed by atoms with Gasteiger partial charge in [-0.25, -0.2) is 0 Å². The van der Waals surface area contributed by atoms with Gasteiger partial charge in [0.1, 0.15) is 0 Å². The molecule has 0 aromatic rings. The summed E-state index contributed by atoms with van der Waals surface area (Å²) in [4.78, 5) is 2.45. The second-order valence-corrected chi connectivity index (χ2v) is 7.88. The van der Waals surface area contributed by atoms with Gasteiger partial charge in [0.05, 0.1) is 6.10 Å². The largest absolute Gasteiger partial charge is 0.378 e. The Morgan fingerprint density at radius 2 is 1.76 bits per heavy atom. The van der Waals surface area contributed by atoms with E-state index in [9.17, 15) is 0 Å². The van der Waals surface area contributed by atoms with E-state index in [-0.39, 0.29) is 0 Å². The molecule has 3 aliphatic carbocycles. The summed E-state index contributed by atoms with van der Waals surface area (Å²) in [7, 11) is 4.50. The first-order valence-electron chi connectivity index (χ1n) is 9.15. The van der Waals surface area contributed by atoms with Crippen molar-refractivity contribution < 1.29 is 4.74 Å². The lowest BCUT2D eigenvalue weighted by atomic mass is 9.55.